The van der Waals surface area contributed by atoms with E-state index in [1.165, 1.54) is 12.1 Å². The second-order valence-corrected chi connectivity index (χ2v) is 9.71. The SMILES string of the molecule is O=C1CC(=O)C(Cc2ccc(OCC(OCOC(=O)c3cccc(Cl)c3)c3ccccc3F)cc2)S1. The predicted molar refractivity (Wildman–Crippen MR) is 134 cm³/mol. The van der Waals surface area contributed by atoms with Crippen molar-refractivity contribution >= 4 is 40.2 Å². The molecular weight excluding hydrogens is 507 g/mol. The lowest BCUT2D eigenvalue weighted by atomic mass is 10.1. The Bertz CT molecular complexity index is 1250. The molecule has 1 fully saturated rings. The van der Waals surface area contributed by atoms with Gasteiger partial charge in [-0.1, -0.05) is 59.8 Å². The third kappa shape index (κ3) is 6.94. The number of rotatable bonds is 10. The average Bonchev–Trinajstić information content (AvgIpc) is 3.18. The van der Waals surface area contributed by atoms with Gasteiger partial charge in [0.2, 0.25) is 0 Å². The van der Waals surface area contributed by atoms with Crippen molar-refractivity contribution in [1.82, 2.24) is 0 Å². The van der Waals surface area contributed by atoms with Crippen LogP contribution >= 0.6 is 23.4 Å². The number of Topliss-reactive ketones (excluding diaryl/α,β-unsaturated/α-hetero) is 1. The zero-order valence-electron chi connectivity index (χ0n) is 19.0. The van der Waals surface area contributed by atoms with E-state index in [1.807, 2.05) is 12.1 Å². The number of carbonyl (C=O) groups excluding carboxylic acids is 3. The van der Waals surface area contributed by atoms with Crippen molar-refractivity contribution in [3.63, 3.8) is 0 Å². The largest absolute Gasteiger partial charge is 0.491 e. The maximum atomic E-state index is 14.5. The van der Waals surface area contributed by atoms with Crippen molar-refractivity contribution < 1.29 is 33.0 Å². The van der Waals surface area contributed by atoms with Crippen molar-refractivity contribution in [3.8, 4) is 5.75 Å². The summed E-state index contributed by atoms with van der Waals surface area (Å²) in [6.07, 6.45) is -0.395. The monoisotopic (exact) mass is 528 g/mol. The fourth-order valence-electron chi connectivity index (χ4n) is 3.62. The first-order valence-electron chi connectivity index (χ1n) is 11.1. The zero-order chi connectivity index (χ0) is 25.5. The third-order valence-electron chi connectivity index (χ3n) is 5.47. The number of ketones is 1. The Hall–Kier alpha value is -3.20. The number of hydrogen-bond donors (Lipinski definition) is 0. The Morgan fingerprint density at radius 2 is 1.83 bits per heavy atom. The molecular formula is C27H22ClFO6S. The van der Waals surface area contributed by atoms with Gasteiger partial charge in [0.05, 0.1) is 17.2 Å². The second-order valence-electron chi connectivity index (χ2n) is 8.02. The second kappa shape index (κ2) is 12.2. The molecule has 0 saturated carbocycles. The molecule has 0 amide bonds. The fourth-order valence-corrected chi connectivity index (χ4v) is 4.84. The molecule has 1 saturated heterocycles. The number of esters is 1. The lowest BCUT2D eigenvalue weighted by Gasteiger charge is -2.19. The minimum atomic E-state index is -0.850. The average molecular weight is 529 g/mol. The van der Waals surface area contributed by atoms with Crippen LogP contribution in [-0.2, 0) is 25.5 Å². The van der Waals surface area contributed by atoms with Crippen molar-refractivity contribution in [3.05, 3.63) is 100 Å². The van der Waals surface area contributed by atoms with Gasteiger partial charge in [0, 0.05) is 10.6 Å². The van der Waals surface area contributed by atoms with E-state index in [9.17, 15) is 18.8 Å². The predicted octanol–water partition coefficient (Wildman–Crippen LogP) is 5.57. The molecule has 186 valence electrons. The van der Waals surface area contributed by atoms with Crippen LogP contribution in [0.3, 0.4) is 0 Å². The first-order chi connectivity index (χ1) is 17.4. The van der Waals surface area contributed by atoms with Gasteiger partial charge in [-0.15, -0.1) is 0 Å². The lowest BCUT2D eigenvalue weighted by molar-refractivity contribution is -0.121. The van der Waals surface area contributed by atoms with Crippen LogP contribution in [0.4, 0.5) is 4.39 Å². The first-order valence-corrected chi connectivity index (χ1v) is 12.4. The standard InChI is InChI=1S/C27H22ClFO6S/c28-19-5-3-4-18(13-19)27(32)35-16-34-24(21-6-1-2-7-22(21)29)15-33-20-10-8-17(9-11-20)12-25-23(30)14-26(31)36-25/h1-11,13,24-25H,12,14-16H2. The third-order valence-corrected chi connectivity index (χ3v) is 6.83. The van der Waals surface area contributed by atoms with Gasteiger partial charge in [0.1, 0.15) is 24.3 Å². The number of carbonyl (C=O) groups is 3. The summed E-state index contributed by atoms with van der Waals surface area (Å²) in [5, 5.41) is -0.0452. The molecule has 0 N–H and O–H groups in total. The molecule has 1 aliphatic rings. The summed E-state index contributed by atoms with van der Waals surface area (Å²) in [5.74, 6) is -0.634. The van der Waals surface area contributed by atoms with Crippen LogP contribution in [0.25, 0.3) is 0 Å². The highest BCUT2D eigenvalue weighted by atomic mass is 35.5. The van der Waals surface area contributed by atoms with Gasteiger partial charge < -0.3 is 14.2 Å². The van der Waals surface area contributed by atoms with Gasteiger partial charge in [-0.3, -0.25) is 9.59 Å². The van der Waals surface area contributed by atoms with Crippen molar-refractivity contribution in [2.24, 2.45) is 0 Å². The fraction of sp³-hybridized carbons (Fsp3) is 0.222. The molecule has 0 aromatic heterocycles. The molecule has 3 aromatic rings. The number of ether oxygens (including phenoxy) is 3. The first kappa shape index (κ1) is 25.9. The minimum Gasteiger partial charge on any atom is -0.491 e. The van der Waals surface area contributed by atoms with Crippen molar-refractivity contribution in [2.45, 2.75) is 24.2 Å². The van der Waals surface area contributed by atoms with Crippen molar-refractivity contribution in [2.75, 3.05) is 13.4 Å². The van der Waals surface area contributed by atoms with E-state index in [0.717, 1.165) is 17.3 Å². The Labute approximate surface area is 216 Å². The molecule has 0 bridgehead atoms. The van der Waals surface area contributed by atoms with Crippen LogP contribution in [0.15, 0.2) is 72.8 Å². The topological polar surface area (TPSA) is 78.9 Å². The molecule has 9 heteroatoms. The maximum absolute atomic E-state index is 14.5. The lowest BCUT2D eigenvalue weighted by Crippen LogP contribution is -2.18. The molecule has 0 spiro atoms. The molecule has 6 nitrogen and oxygen atoms in total. The van der Waals surface area contributed by atoms with E-state index in [2.05, 4.69) is 0 Å². The number of thioether (sulfide) groups is 1. The van der Waals surface area contributed by atoms with Gasteiger partial charge in [0.15, 0.2) is 17.7 Å². The van der Waals surface area contributed by atoms with Gasteiger partial charge in [0.25, 0.3) is 0 Å². The normalized spacial score (nSPS) is 16.1. The van der Waals surface area contributed by atoms with Crippen LogP contribution in [0.5, 0.6) is 5.75 Å². The molecule has 2 atom stereocenters. The van der Waals surface area contributed by atoms with Crippen LogP contribution in [0.2, 0.25) is 5.02 Å². The molecule has 36 heavy (non-hydrogen) atoms. The van der Waals surface area contributed by atoms with Gasteiger partial charge in [-0.25, -0.2) is 9.18 Å². The van der Waals surface area contributed by atoms with Crippen LogP contribution in [-0.4, -0.2) is 35.5 Å². The summed E-state index contributed by atoms with van der Waals surface area (Å²) in [7, 11) is 0. The summed E-state index contributed by atoms with van der Waals surface area (Å²) in [6.45, 7) is -0.459. The van der Waals surface area contributed by atoms with Crippen LogP contribution < -0.4 is 4.74 Å². The van der Waals surface area contributed by atoms with Gasteiger partial charge >= 0.3 is 5.97 Å². The Balaban J connectivity index is 1.36. The highest BCUT2D eigenvalue weighted by Gasteiger charge is 2.31. The maximum Gasteiger partial charge on any atom is 0.340 e. The molecule has 0 aliphatic carbocycles. The van der Waals surface area contributed by atoms with E-state index in [0.29, 0.717) is 17.2 Å². The molecule has 1 aliphatic heterocycles. The number of benzene rings is 3. The van der Waals surface area contributed by atoms with Gasteiger partial charge in [-0.2, -0.15) is 0 Å². The zero-order valence-corrected chi connectivity index (χ0v) is 20.6. The smallest absolute Gasteiger partial charge is 0.340 e. The molecule has 2 unspecified atom stereocenters. The van der Waals surface area contributed by atoms with Crippen molar-refractivity contribution in [1.29, 1.82) is 0 Å². The van der Waals surface area contributed by atoms with E-state index in [4.69, 9.17) is 25.8 Å². The highest BCUT2D eigenvalue weighted by Crippen LogP contribution is 2.29. The van der Waals surface area contributed by atoms with E-state index >= 15 is 0 Å². The number of hydrogen-bond acceptors (Lipinski definition) is 7. The van der Waals surface area contributed by atoms with Gasteiger partial charge in [-0.05, 0) is 48.4 Å². The van der Waals surface area contributed by atoms with Crippen LogP contribution in [0, 0.1) is 5.82 Å². The summed E-state index contributed by atoms with van der Waals surface area (Å²) in [6, 6.07) is 19.5. The van der Waals surface area contributed by atoms with E-state index < -0.39 is 24.7 Å². The Kier molecular flexibility index (Phi) is 8.74. The quantitative estimate of drug-likeness (QED) is 0.193. The summed E-state index contributed by atoms with van der Waals surface area (Å²) in [4.78, 5) is 35.6. The summed E-state index contributed by atoms with van der Waals surface area (Å²) >= 11 is 6.99. The van der Waals surface area contributed by atoms with Crippen LogP contribution in [0.1, 0.15) is 34.0 Å². The molecule has 1 heterocycles. The summed E-state index contributed by atoms with van der Waals surface area (Å²) < 4.78 is 31.1. The number of halogens is 2. The highest BCUT2D eigenvalue weighted by molar-refractivity contribution is 8.15. The molecule has 0 radical (unpaired) electrons. The Morgan fingerprint density at radius 3 is 2.53 bits per heavy atom. The summed E-state index contributed by atoms with van der Waals surface area (Å²) in [5.41, 5.74) is 1.43. The van der Waals surface area contributed by atoms with E-state index in [1.54, 1.807) is 48.5 Å². The molecule has 4 rings (SSSR count). The minimum absolute atomic E-state index is 0.0115. The van der Waals surface area contributed by atoms with E-state index in [-0.39, 0.29) is 40.3 Å². The molecule has 3 aromatic carbocycles. The Morgan fingerprint density at radius 1 is 1.06 bits per heavy atom.